The first-order valence-electron chi connectivity index (χ1n) is 8.11. The van der Waals surface area contributed by atoms with Crippen LogP contribution in [0.2, 0.25) is 0 Å². The molecule has 1 amide bonds. The molecule has 1 atom stereocenters. The van der Waals surface area contributed by atoms with Gasteiger partial charge < -0.3 is 20.5 Å². The van der Waals surface area contributed by atoms with Crippen LogP contribution >= 0.6 is 34.4 Å². The third kappa shape index (κ3) is 4.27. The summed E-state index contributed by atoms with van der Waals surface area (Å²) in [5, 5.41) is 16.5. The van der Waals surface area contributed by atoms with Gasteiger partial charge in [-0.25, -0.2) is 0 Å². The van der Waals surface area contributed by atoms with Gasteiger partial charge in [0.05, 0.1) is 12.0 Å². The molecule has 1 aliphatic heterocycles. The maximum atomic E-state index is 12.3. The summed E-state index contributed by atoms with van der Waals surface area (Å²) in [6.45, 7) is 2.11. The highest BCUT2D eigenvalue weighted by molar-refractivity contribution is 14.1. The van der Waals surface area contributed by atoms with E-state index in [1.165, 1.54) is 24.4 Å². The molecular formula is C19H19IN2O3S. The fourth-order valence-corrected chi connectivity index (χ4v) is 4.15. The van der Waals surface area contributed by atoms with Crippen LogP contribution in [0.5, 0.6) is 11.5 Å². The van der Waals surface area contributed by atoms with E-state index in [1.807, 2.05) is 18.2 Å². The lowest BCUT2D eigenvalue weighted by Crippen LogP contribution is -2.30. The molecule has 0 radical (unpaired) electrons. The van der Waals surface area contributed by atoms with Gasteiger partial charge in [0, 0.05) is 14.8 Å². The van der Waals surface area contributed by atoms with Crippen LogP contribution in [0.15, 0.2) is 41.3 Å². The zero-order chi connectivity index (χ0) is 18.7. The zero-order valence-electron chi connectivity index (χ0n) is 14.4. The van der Waals surface area contributed by atoms with Crippen LogP contribution in [0, 0.1) is 3.57 Å². The van der Waals surface area contributed by atoms with Crippen molar-refractivity contribution in [3.05, 3.63) is 56.0 Å². The number of carbonyl (C=O) groups excluding carboxylic acids is 1. The van der Waals surface area contributed by atoms with Gasteiger partial charge in [0.25, 0.3) is 5.91 Å². The number of aryl methyl sites for hydroxylation is 1. The molecule has 1 saturated heterocycles. The monoisotopic (exact) mass is 482 g/mol. The third-order valence-electron chi connectivity index (χ3n) is 3.97. The molecule has 1 aliphatic rings. The molecule has 0 aromatic heterocycles. The average molecular weight is 482 g/mol. The van der Waals surface area contributed by atoms with Crippen LogP contribution in [0.3, 0.4) is 0 Å². The predicted molar refractivity (Wildman–Crippen MR) is 114 cm³/mol. The Balaban J connectivity index is 1.77. The number of hydrogen-bond donors (Lipinski definition) is 3. The van der Waals surface area contributed by atoms with Gasteiger partial charge in [0.1, 0.15) is 0 Å². The van der Waals surface area contributed by atoms with Crippen molar-refractivity contribution in [2.75, 3.05) is 12.4 Å². The van der Waals surface area contributed by atoms with Crippen molar-refractivity contribution in [3.8, 4) is 11.5 Å². The Bertz CT molecular complexity index is 853. The number of phenolic OH excluding ortho intramolecular Hbond substituents is 1. The van der Waals surface area contributed by atoms with Gasteiger partial charge in [0.2, 0.25) is 0 Å². The van der Waals surface area contributed by atoms with E-state index in [0.717, 1.165) is 15.7 Å². The minimum absolute atomic E-state index is 0.0281. The lowest BCUT2D eigenvalue weighted by atomic mass is 10.1. The lowest BCUT2D eigenvalue weighted by Gasteiger charge is -2.13. The van der Waals surface area contributed by atoms with Gasteiger partial charge in [-0.3, -0.25) is 4.79 Å². The van der Waals surface area contributed by atoms with E-state index in [-0.39, 0.29) is 17.2 Å². The lowest BCUT2D eigenvalue weighted by molar-refractivity contribution is -0.116. The van der Waals surface area contributed by atoms with Gasteiger partial charge in [-0.1, -0.05) is 30.8 Å². The molecule has 3 N–H and O–H groups in total. The van der Waals surface area contributed by atoms with Gasteiger partial charge in [-0.2, -0.15) is 0 Å². The molecule has 3 rings (SSSR count). The molecule has 0 spiro atoms. The molecular weight excluding hydrogens is 463 g/mol. The van der Waals surface area contributed by atoms with Crippen molar-refractivity contribution in [1.29, 1.82) is 0 Å². The highest BCUT2D eigenvalue weighted by Gasteiger charge is 2.27. The van der Waals surface area contributed by atoms with Gasteiger partial charge in [0.15, 0.2) is 17.0 Å². The first kappa shape index (κ1) is 18.9. The van der Waals surface area contributed by atoms with E-state index in [1.54, 1.807) is 12.1 Å². The van der Waals surface area contributed by atoms with Crippen molar-refractivity contribution < 1.29 is 14.6 Å². The average Bonchev–Trinajstić information content (AvgIpc) is 2.97. The third-order valence-corrected chi connectivity index (χ3v) is 5.62. The summed E-state index contributed by atoms with van der Waals surface area (Å²) in [4.78, 5) is 12.8. The minimum Gasteiger partial charge on any atom is -0.504 e. The Kier molecular flexibility index (Phi) is 5.98. The van der Waals surface area contributed by atoms with Crippen LogP contribution in [-0.4, -0.2) is 23.6 Å². The zero-order valence-corrected chi connectivity index (χ0v) is 17.3. The Morgan fingerprint density at radius 1 is 1.35 bits per heavy atom. The number of nitrogens with one attached hydrogen (secondary N) is 2. The number of ether oxygens (including phenoxy) is 1. The maximum absolute atomic E-state index is 12.3. The SMILES string of the molecule is CCc1ccc(N[C@H]2NC(=O)/C(=C/c3cc(I)cc(OC)c3O)S2)cc1. The number of amides is 1. The number of thioether (sulfide) groups is 1. The van der Waals surface area contributed by atoms with E-state index in [0.29, 0.717) is 16.2 Å². The van der Waals surface area contributed by atoms with Crippen LogP contribution in [0.25, 0.3) is 6.08 Å². The largest absolute Gasteiger partial charge is 0.504 e. The number of benzene rings is 2. The Labute approximate surface area is 170 Å². The molecule has 136 valence electrons. The number of hydrogen-bond acceptors (Lipinski definition) is 5. The molecule has 26 heavy (non-hydrogen) atoms. The molecule has 1 fully saturated rings. The number of aromatic hydroxyl groups is 1. The molecule has 0 aliphatic carbocycles. The fourth-order valence-electron chi connectivity index (χ4n) is 2.55. The highest BCUT2D eigenvalue weighted by atomic mass is 127. The second kappa shape index (κ2) is 8.22. The second-order valence-corrected chi connectivity index (χ2v) is 8.11. The van der Waals surface area contributed by atoms with Crippen molar-refractivity contribution in [1.82, 2.24) is 5.32 Å². The molecule has 1 heterocycles. The quantitative estimate of drug-likeness (QED) is 0.441. The van der Waals surface area contributed by atoms with Crippen LogP contribution in [0.1, 0.15) is 18.1 Å². The normalized spacial score (nSPS) is 18.0. The van der Waals surface area contributed by atoms with Crippen LogP contribution < -0.4 is 15.4 Å². The van der Waals surface area contributed by atoms with E-state index in [4.69, 9.17) is 4.74 Å². The summed E-state index contributed by atoms with van der Waals surface area (Å²) in [5.41, 5.74) is 2.51. The van der Waals surface area contributed by atoms with Crippen LogP contribution in [-0.2, 0) is 11.2 Å². The molecule has 2 aromatic rings. The standard InChI is InChI=1S/C19H19IN2O3S/c1-3-11-4-6-14(7-5-11)21-19-22-18(24)16(26-19)9-12-8-13(20)10-15(25-2)17(12)23/h4-10,19,21,23H,3H2,1-2H3,(H,22,24)/b16-9-/t19-/m0/s1. The smallest absolute Gasteiger partial charge is 0.260 e. The van der Waals surface area contributed by atoms with Crippen LogP contribution in [0.4, 0.5) is 5.69 Å². The molecule has 5 nitrogen and oxygen atoms in total. The van der Waals surface area contributed by atoms with Gasteiger partial charge >= 0.3 is 0 Å². The van der Waals surface area contributed by atoms with E-state index in [2.05, 4.69) is 52.3 Å². The maximum Gasteiger partial charge on any atom is 0.260 e. The molecule has 0 saturated carbocycles. The van der Waals surface area contributed by atoms with Gasteiger partial charge in [-0.15, -0.1) is 0 Å². The Morgan fingerprint density at radius 3 is 2.73 bits per heavy atom. The number of anilines is 1. The number of phenols is 1. The molecule has 0 unspecified atom stereocenters. The molecule has 2 aromatic carbocycles. The number of methoxy groups -OCH3 is 1. The number of halogens is 1. The van der Waals surface area contributed by atoms with Crippen molar-refractivity contribution >= 4 is 52.0 Å². The first-order chi connectivity index (χ1) is 12.5. The van der Waals surface area contributed by atoms with E-state index >= 15 is 0 Å². The highest BCUT2D eigenvalue weighted by Crippen LogP contribution is 2.36. The molecule has 0 bridgehead atoms. The summed E-state index contributed by atoms with van der Waals surface area (Å²) in [5.74, 6) is 0.244. The van der Waals surface area contributed by atoms with Crippen molar-refractivity contribution in [2.24, 2.45) is 0 Å². The minimum atomic E-state index is -0.256. The predicted octanol–water partition coefficient (Wildman–Crippen LogP) is 4.17. The summed E-state index contributed by atoms with van der Waals surface area (Å²) in [6.07, 6.45) is 2.67. The summed E-state index contributed by atoms with van der Waals surface area (Å²) < 4.78 is 6.09. The topological polar surface area (TPSA) is 70.6 Å². The second-order valence-electron chi connectivity index (χ2n) is 5.72. The number of rotatable bonds is 5. The Hall–Kier alpha value is -1.87. The van der Waals surface area contributed by atoms with Crippen molar-refractivity contribution in [2.45, 2.75) is 18.8 Å². The number of carbonyl (C=O) groups is 1. The van der Waals surface area contributed by atoms with E-state index < -0.39 is 0 Å². The first-order valence-corrected chi connectivity index (χ1v) is 10.1. The summed E-state index contributed by atoms with van der Waals surface area (Å²) in [7, 11) is 1.50. The molecule has 7 heteroatoms. The van der Waals surface area contributed by atoms with Gasteiger partial charge in [-0.05, 0) is 64.9 Å². The van der Waals surface area contributed by atoms with Crippen molar-refractivity contribution in [3.63, 3.8) is 0 Å². The fraction of sp³-hybridized carbons (Fsp3) is 0.211. The summed E-state index contributed by atoms with van der Waals surface area (Å²) in [6, 6.07) is 11.7. The Morgan fingerprint density at radius 2 is 2.08 bits per heavy atom. The van der Waals surface area contributed by atoms with E-state index in [9.17, 15) is 9.90 Å². The summed E-state index contributed by atoms with van der Waals surface area (Å²) >= 11 is 3.53.